The molecule has 7 nitrogen and oxygen atoms in total. The predicted molar refractivity (Wildman–Crippen MR) is 106 cm³/mol. The molecule has 1 amide bonds. The maximum Gasteiger partial charge on any atom is 0.387 e. The van der Waals surface area contributed by atoms with Gasteiger partial charge in [0.05, 0.1) is 17.1 Å². The number of amides is 1. The van der Waals surface area contributed by atoms with E-state index in [0.717, 1.165) is 0 Å². The van der Waals surface area contributed by atoms with Gasteiger partial charge in [-0.3, -0.25) is 4.79 Å². The highest BCUT2D eigenvalue weighted by Gasteiger charge is 2.32. The Hall–Kier alpha value is -2.56. The third kappa shape index (κ3) is 5.32. The summed E-state index contributed by atoms with van der Waals surface area (Å²) in [5.41, 5.74) is 0.639. The fourth-order valence-corrected chi connectivity index (χ4v) is 4.77. The number of rotatable bonds is 6. The molecule has 0 spiro atoms. The van der Waals surface area contributed by atoms with Gasteiger partial charge in [-0.25, -0.2) is 8.42 Å². The van der Waals surface area contributed by atoms with Crippen molar-refractivity contribution in [2.45, 2.75) is 37.6 Å². The van der Waals surface area contributed by atoms with Crippen molar-refractivity contribution in [2.75, 3.05) is 18.4 Å². The van der Waals surface area contributed by atoms with Crippen LogP contribution < -0.4 is 10.1 Å². The number of alkyl halides is 2. The molecule has 162 valence electrons. The molecule has 1 aliphatic rings. The first-order chi connectivity index (χ1) is 14.1. The Kier molecular flexibility index (Phi) is 6.69. The maximum absolute atomic E-state index is 12.9. The van der Waals surface area contributed by atoms with Crippen molar-refractivity contribution in [2.24, 2.45) is 0 Å². The lowest BCUT2D eigenvalue weighted by Gasteiger charge is -2.34. The number of anilines is 1. The van der Waals surface area contributed by atoms with E-state index in [9.17, 15) is 22.0 Å². The minimum absolute atomic E-state index is 0.0238. The van der Waals surface area contributed by atoms with Gasteiger partial charge in [0.15, 0.2) is 0 Å². The smallest absolute Gasteiger partial charge is 0.387 e. The van der Waals surface area contributed by atoms with Crippen LogP contribution >= 0.6 is 0 Å². The zero-order chi connectivity index (χ0) is 21.9. The van der Waals surface area contributed by atoms with Crippen LogP contribution in [0, 0.1) is 0 Å². The van der Waals surface area contributed by atoms with Crippen molar-refractivity contribution >= 4 is 21.6 Å². The second-order valence-corrected chi connectivity index (χ2v) is 8.90. The number of nitrogens with zero attached hydrogens (tertiary/aromatic N) is 1. The van der Waals surface area contributed by atoms with Crippen molar-refractivity contribution in [3.63, 3.8) is 0 Å². The highest BCUT2D eigenvalue weighted by atomic mass is 32.2. The number of sulfonamides is 1. The van der Waals surface area contributed by atoms with Gasteiger partial charge in [0, 0.05) is 24.3 Å². The minimum Gasteiger partial charge on any atom is -0.435 e. The van der Waals surface area contributed by atoms with Gasteiger partial charge in [-0.05, 0) is 62.4 Å². The van der Waals surface area contributed by atoms with Gasteiger partial charge < -0.3 is 14.8 Å². The van der Waals surface area contributed by atoms with Gasteiger partial charge in [-0.15, -0.1) is 0 Å². The van der Waals surface area contributed by atoms with Crippen LogP contribution in [0.2, 0.25) is 0 Å². The molecule has 30 heavy (non-hydrogen) atoms. The van der Waals surface area contributed by atoms with Crippen molar-refractivity contribution < 1.29 is 31.5 Å². The molecule has 1 saturated heterocycles. The van der Waals surface area contributed by atoms with Gasteiger partial charge in [0.25, 0.3) is 5.91 Å². The summed E-state index contributed by atoms with van der Waals surface area (Å²) in [6.45, 7) is 1.24. The summed E-state index contributed by atoms with van der Waals surface area (Å²) >= 11 is 0. The van der Waals surface area contributed by atoms with Crippen LogP contribution in [0.15, 0.2) is 53.4 Å². The zero-order valence-corrected chi connectivity index (χ0v) is 17.2. The van der Waals surface area contributed by atoms with E-state index in [-0.39, 0.29) is 41.5 Å². The molecule has 0 radical (unpaired) electrons. The van der Waals surface area contributed by atoms with E-state index in [4.69, 9.17) is 4.74 Å². The first-order valence-corrected chi connectivity index (χ1v) is 10.7. The zero-order valence-electron chi connectivity index (χ0n) is 16.4. The molecule has 2 aromatic carbocycles. The molecular weight excluding hydrogens is 418 g/mol. The molecule has 0 aliphatic carbocycles. The molecule has 1 fully saturated rings. The third-order valence-electron chi connectivity index (χ3n) is 4.48. The Morgan fingerprint density at radius 1 is 1.07 bits per heavy atom. The summed E-state index contributed by atoms with van der Waals surface area (Å²) in [5, 5.41) is 2.61. The van der Waals surface area contributed by atoms with Crippen LogP contribution in [0.4, 0.5) is 14.5 Å². The highest BCUT2D eigenvalue weighted by molar-refractivity contribution is 7.89. The molecule has 10 heteroatoms. The SMILES string of the molecule is C[C@H]1CN(S(=O)(=O)c2ccc(C(=O)Nc3ccc(OC(F)F)cc3)cc2)C[C@H](C)O1. The van der Waals surface area contributed by atoms with Gasteiger partial charge in [0.2, 0.25) is 10.0 Å². The average Bonchev–Trinajstić information content (AvgIpc) is 2.68. The van der Waals surface area contributed by atoms with Gasteiger partial charge in [-0.2, -0.15) is 13.1 Å². The summed E-state index contributed by atoms with van der Waals surface area (Å²) in [4.78, 5) is 12.5. The van der Waals surface area contributed by atoms with Crippen LogP contribution in [-0.4, -0.2) is 50.5 Å². The van der Waals surface area contributed by atoms with Crippen molar-refractivity contribution in [3.8, 4) is 5.75 Å². The molecule has 1 N–H and O–H groups in total. The number of morpholine rings is 1. The van der Waals surface area contributed by atoms with Crippen LogP contribution in [0.25, 0.3) is 0 Å². The van der Waals surface area contributed by atoms with Gasteiger partial charge >= 0.3 is 6.61 Å². The Balaban J connectivity index is 1.68. The minimum atomic E-state index is -3.70. The lowest BCUT2D eigenvalue weighted by molar-refractivity contribution is -0.0498. The first-order valence-electron chi connectivity index (χ1n) is 9.27. The van der Waals surface area contributed by atoms with E-state index in [2.05, 4.69) is 10.1 Å². The summed E-state index contributed by atoms with van der Waals surface area (Å²) < 4.78 is 61.3. The molecule has 0 unspecified atom stereocenters. The normalized spacial score (nSPS) is 20.2. The van der Waals surface area contributed by atoms with E-state index < -0.39 is 22.5 Å². The van der Waals surface area contributed by atoms with E-state index in [0.29, 0.717) is 5.69 Å². The fourth-order valence-electron chi connectivity index (χ4n) is 3.18. The number of hydrogen-bond donors (Lipinski definition) is 1. The number of ether oxygens (including phenoxy) is 2. The average molecular weight is 440 g/mol. The highest BCUT2D eigenvalue weighted by Crippen LogP contribution is 2.22. The first kappa shape index (κ1) is 22.1. The van der Waals surface area contributed by atoms with Crippen LogP contribution in [0.3, 0.4) is 0 Å². The Morgan fingerprint density at radius 3 is 2.17 bits per heavy atom. The summed E-state index contributed by atoms with van der Waals surface area (Å²) in [7, 11) is -3.70. The quantitative estimate of drug-likeness (QED) is 0.745. The molecular formula is C20H22F2N2O5S. The number of carbonyl (C=O) groups is 1. The molecule has 0 aromatic heterocycles. The monoisotopic (exact) mass is 440 g/mol. The van der Waals surface area contributed by atoms with Crippen LogP contribution in [-0.2, 0) is 14.8 Å². The Bertz CT molecular complexity index is 971. The Morgan fingerprint density at radius 2 is 1.63 bits per heavy atom. The summed E-state index contributed by atoms with van der Waals surface area (Å²) in [6.07, 6.45) is -0.405. The van der Waals surface area contributed by atoms with Gasteiger partial charge in [0.1, 0.15) is 5.75 Å². The van der Waals surface area contributed by atoms with Gasteiger partial charge in [-0.1, -0.05) is 0 Å². The number of benzene rings is 2. The largest absolute Gasteiger partial charge is 0.435 e. The lowest BCUT2D eigenvalue weighted by Crippen LogP contribution is -2.48. The molecule has 0 bridgehead atoms. The molecule has 1 heterocycles. The molecule has 0 saturated carbocycles. The third-order valence-corrected chi connectivity index (χ3v) is 6.32. The lowest BCUT2D eigenvalue weighted by atomic mass is 10.2. The van der Waals surface area contributed by atoms with E-state index in [1.165, 1.54) is 52.8 Å². The van der Waals surface area contributed by atoms with Crippen LogP contribution in [0.1, 0.15) is 24.2 Å². The van der Waals surface area contributed by atoms with E-state index in [1.807, 2.05) is 13.8 Å². The number of nitrogens with one attached hydrogen (secondary N) is 1. The number of halogens is 2. The Labute approximate surface area is 173 Å². The number of hydrogen-bond acceptors (Lipinski definition) is 5. The van der Waals surface area contributed by atoms with E-state index >= 15 is 0 Å². The fraction of sp³-hybridized carbons (Fsp3) is 0.350. The maximum atomic E-state index is 12.9. The van der Waals surface area contributed by atoms with Crippen LogP contribution in [0.5, 0.6) is 5.75 Å². The predicted octanol–water partition coefficient (Wildman–Crippen LogP) is 3.34. The molecule has 2 atom stereocenters. The molecule has 2 aromatic rings. The molecule has 1 aliphatic heterocycles. The summed E-state index contributed by atoms with van der Waals surface area (Å²) in [6, 6.07) is 11.1. The summed E-state index contributed by atoms with van der Waals surface area (Å²) in [5.74, 6) is -0.487. The second kappa shape index (κ2) is 9.07. The topological polar surface area (TPSA) is 84.9 Å². The van der Waals surface area contributed by atoms with Crippen molar-refractivity contribution in [3.05, 3.63) is 54.1 Å². The van der Waals surface area contributed by atoms with E-state index in [1.54, 1.807) is 0 Å². The van der Waals surface area contributed by atoms with Crippen molar-refractivity contribution in [1.29, 1.82) is 0 Å². The standard InChI is InChI=1S/C20H22F2N2O5S/c1-13-11-24(12-14(2)28-13)30(26,27)18-9-3-15(4-10-18)19(25)23-16-5-7-17(8-6-16)29-20(21)22/h3-10,13-14,20H,11-12H2,1-2H3,(H,23,25)/t13-,14-/m0/s1. The number of carbonyl (C=O) groups excluding carboxylic acids is 1. The second-order valence-electron chi connectivity index (χ2n) is 6.96. The molecule has 3 rings (SSSR count). The van der Waals surface area contributed by atoms with Crippen molar-refractivity contribution in [1.82, 2.24) is 4.31 Å².